The van der Waals surface area contributed by atoms with Gasteiger partial charge in [0.25, 0.3) is 6.36 Å². The number of piperidine rings is 2. The molecule has 8 heteroatoms. The van der Waals surface area contributed by atoms with Gasteiger partial charge in [-0.2, -0.15) is 4.39 Å². The highest BCUT2D eigenvalue weighted by molar-refractivity contribution is 5.87. The molecule has 2 aliphatic heterocycles. The second kappa shape index (κ2) is 7.46. The van der Waals surface area contributed by atoms with Crippen LogP contribution in [0.4, 0.5) is 22.0 Å². The topological polar surface area (TPSA) is 24.8 Å². The lowest BCUT2D eigenvalue weighted by Gasteiger charge is -2.37. The summed E-state index contributed by atoms with van der Waals surface area (Å²) in [5.41, 5.74) is -0.390. The molecule has 132 valence electrons. The minimum atomic E-state index is -2.51. The molecule has 24 heavy (non-hydrogen) atoms. The Morgan fingerprint density at radius 2 is 1.88 bits per heavy atom. The van der Waals surface area contributed by atoms with Crippen molar-refractivity contribution < 1.29 is 26.8 Å². The Balaban J connectivity index is 0.00000208. The van der Waals surface area contributed by atoms with Crippen LogP contribution in [0.3, 0.4) is 0 Å². The van der Waals surface area contributed by atoms with E-state index in [9.17, 15) is 22.0 Å². The first-order chi connectivity index (χ1) is 11.0. The summed E-state index contributed by atoms with van der Waals surface area (Å²) in [6.45, 7) is 2.62. The average molecular weight is 348 g/mol. The number of oxime groups is 1. The van der Waals surface area contributed by atoms with Gasteiger partial charge in [0.15, 0.2) is 23.3 Å². The van der Waals surface area contributed by atoms with Crippen molar-refractivity contribution in [3.8, 4) is 0 Å². The Labute approximate surface area is 137 Å². The van der Waals surface area contributed by atoms with Crippen molar-refractivity contribution in [1.82, 2.24) is 4.90 Å². The second-order valence-electron chi connectivity index (χ2n) is 5.78. The number of alkyl halides is 1. The van der Waals surface area contributed by atoms with E-state index in [0.717, 1.165) is 32.5 Å². The predicted octanol–water partition coefficient (Wildman–Crippen LogP) is 4.03. The number of nitrogens with zero attached hydrogens (tertiary/aromatic N) is 2. The van der Waals surface area contributed by atoms with Crippen LogP contribution in [0.2, 0.25) is 0 Å². The molecule has 0 aliphatic carbocycles. The number of fused-ring (bicyclic) bond motifs is 2. The van der Waals surface area contributed by atoms with Crippen molar-refractivity contribution in [2.45, 2.75) is 25.6 Å². The fourth-order valence-electron chi connectivity index (χ4n) is 3.05. The van der Waals surface area contributed by atoms with Crippen LogP contribution in [-0.4, -0.2) is 30.2 Å². The summed E-state index contributed by atoms with van der Waals surface area (Å²) < 4.78 is 66.5. The summed E-state index contributed by atoms with van der Waals surface area (Å²) in [5, 5.41) is 3.71. The van der Waals surface area contributed by atoms with E-state index in [1.54, 1.807) is 0 Å². The normalized spacial score (nSPS) is 26.0. The number of rotatable bonds is 3. The van der Waals surface area contributed by atoms with E-state index in [2.05, 4.69) is 14.9 Å². The third-order valence-corrected chi connectivity index (χ3v) is 4.30. The number of hydrogen-bond donors (Lipinski definition) is 0. The zero-order valence-electron chi connectivity index (χ0n) is 12.9. The maximum Gasteiger partial charge on any atom is 0.292 e. The third kappa shape index (κ3) is 3.53. The smallest absolute Gasteiger partial charge is 0.292 e. The van der Waals surface area contributed by atoms with Gasteiger partial charge in [0.1, 0.15) is 0 Å². The van der Waals surface area contributed by atoms with Crippen LogP contribution in [0, 0.1) is 36.6 Å². The van der Waals surface area contributed by atoms with Crippen LogP contribution in [0.15, 0.2) is 11.2 Å². The minimum Gasteiger partial charge on any atom is -0.353 e. The molecule has 1 aromatic carbocycles. The van der Waals surface area contributed by atoms with Crippen LogP contribution in [0.25, 0.3) is 0 Å². The van der Waals surface area contributed by atoms with Crippen LogP contribution in [0.1, 0.15) is 31.2 Å². The SMILES string of the molecule is Fc1cc(C(F)ON=C2CCN3CCCC2C3)c(F)c(F)c1F.[CH2]. The molecule has 3 atom stereocenters. The molecule has 3 rings (SSSR count). The van der Waals surface area contributed by atoms with Crippen molar-refractivity contribution in [2.75, 3.05) is 19.6 Å². The van der Waals surface area contributed by atoms with Crippen molar-refractivity contribution >= 4 is 5.71 Å². The number of hydrogen-bond acceptors (Lipinski definition) is 3. The Kier molecular flexibility index (Phi) is 5.79. The maximum atomic E-state index is 13.9. The van der Waals surface area contributed by atoms with Gasteiger partial charge in [0.05, 0.1) is 11.3 Å². The Hall–Kier alpha value is -1.70. The molecule has 0 spiro atoms. The van der Waals surface area contributed by atoms with Gasteiger partial charge in [-0.25, -0.2) is 17.6 Å². The molecule has 2 aliphatic rings. The van der Waals surface area contributed by atoms with Gasteiger partial charge in [0.2, 0.25) is 0 Å². The van der Waals surface area contributed by atoms with E-state index in [1.807, 2.05) is 0 Å². The van der Waals surface area contributed by atoms with Gasteiger partial charge in [-0.3, -0.25) is 0 Å². The Bertz CT molecular complexity index is 637. The first kappa shape index (κ1) is 18.6. The van der Waals surface area contributed by atoms with Gasteiger partial charge in [-0.1, -0.05) is 12.6 Å². The molecule has 3 unspecified atom stereocenters. The van der Waals surface area contributed by atoms with E-state index in [-0.39, 0.29) is 19.4 Å². The van der Waals surface area contributed by atoms with Crippen molar-refractivity contribution in [3.63, 3.8) is 0 Å². The third-order valence-electron chi connectivity index (χ3n) is 4.30. The first-order valence-corrected chi connectivity index (χ1v) is 7.39. The Morgan fingerprint density at radius 1 is 1.12 bits per heavy atom. The van der Waals surface area contributed by atoms with E-state index < -0.39 is 35.2 Å². The lowest BCUT2D eigenvalue weighted by Crippen LogP contribution is -2.45. The summed E-state index contributed by atoms with van der Waals surface area (Å²) in [6, 6.07) is 0.238. The number of halogens is 5. The molecule has 2 radical (unpaired) electrons. The van der Waals surface area contributed by atoms with E-state index in [1.165, 1.54) is 0 Å². The van der Waals surface area contributed by atoms with Crippen molar-refractivity contribution in [1.29, 1.82) is 0 Å². The molecular formula is C16H17F5N2O. The quantitative estimate of drug-likeness (QED) is 0.357. The van der Waals surface area contributed by atoms with Gasteiger partial charge >= 0.3 is 0 Å². The zero-order chi connectivity index (χ0) is 16.6. The summed E-state index contributed by atoms with van der Waals surface area (Å²) in [6.07, 6.45) is 0.00963. The zero-order valence-corrected chi connectivity index (χ0v) is 12.9. The molecule has 3 nitrogen and oxygen atoms in total. The molecule has 2 saturated heterocycles. The molecule has 0 amide bonds. The standard InChI is InChI=1S/C15H15F5N2O.CH2/c16-10-6-9(12(17)14(19)13(10)18)15(20)23-21-11-3-5-22-4-1-2-8(11)7-22;/h6,8,15H,1-5,7H2;1H2. The molecule has 2 bridgehead atoms. The highest BCUT2D eigenvalue weighted by Gasteiger charge is 2.30. The monoisotopic (exact) mass is 348 g/mol. The van der Waals surface area contributed by atoms with Gasteiger partial charge in [-0.05, 0) is 25.5 Å². The molecule has 0 N–H and O–H groups in total. The Morgan fingerprint density at radius 3 is 2.62 bits per heavy atom. The molecule has 1 aromatic rings. The summed E-state index contributed by atoms with van der Waals surface area (Å²) in [5.74, 6) is -7.41. The van der Waals surface area contributed by atoms with Crippen molar-refractivity contribution in [3.05, 3.63) is 42.3 Å². The molecule has 0 saturated carbocycles. The molecule has 0 aromatic heterocycles. The van der Waals surface area contributed by atoms with E-state index in [0.29, 0.717) is 12.1 Å². The van der Waals surface area contributed by atoms with Gasteiger partial charge in [-0.15, -0.1) is 0 Å². The van der Waals surface area contributed by atoms with E-state index in [4.69, 9.17) is 0 Å². The van der Waals surface area contributed by atoms with Crippen LogP contribution < -0.4 is 0 Å². The van der Waals surface area contributed by atoms with Gasteiger partial charge < -0.3 is 9.74 Å². The van der Waals surface area contributed by atoms with Crippen LogP contribution in [-0.2, 0) is 4.84 Å². The van der Waals surface area contributed by atoms with Crippen LogP contribution in [0.5, 0.6) is 0 Å². The maximum absolute atomic E-state index is 13.9. The number of benzene rings is 1. The molecule has 2 heterocycles. The lowest BCUT2D eigenvalue weighted by molar-refractivity contribution is -0.0433. The average Bonchev–Trinajstić information content (AvgIpc) is 2.55. The highest BCUT2D eigenvalue weighted by Crippen LogP contribution is 2.29. The van der Waals surface area contributed by atoms with Crippen LogP contribution >= 0.6 is 0 Å². The van der Waals surface area contributed by atoms with Crippen molar-refractivity contribution in [2.24, 2.45) is 11.1 Å². The summed E-state index contributed by atoms with van der Waals surface area (Å²) >= 11 is 0. The first-order valence-electron chi connectivity index (χ1n) is 7.39. The van der Waals surface area contributed by atoms with E-state index >= 15 is 0 Å². The summed E-state index contributed by atoms with van der Waals surface area (Å²) in [7, 11) is 0. The fourth-order valence-corrected chi connectivity index (χ4v) is 3.05. The molecule has 2 fully saturated rings. The fraction of sp³-hybridized carbons (Fsp3) is 0.500. The summed E-state index contributed by atoms with van der Waals surface area (Å²) in [4.78, 5) is 6.86. The highest BCUT2D eigenvalue weighted by atomic mass is 19.2. The lowest BCUT2D eigenvalue weighted by atomic mass is 9.88. The second-order valence-corrected chi connectivity index (χ2v) is 5.78. The largest absolute Gasteiger partial charge is 0.353 e. The minimum absolute atomic E-state index is 0. The predicted molar refractivity (Wildman–Crippen MR) is 77.8 cm³/mol. The van der Waals surface area contributed by atoms with Gasteiger partial charge in [0, 0.05) is 25.4 Å². The molecular weight excluding hydrogens is 331 g/mol.